The standard InChI is InChI=1S/C4H9N2O2S/c1-6-2-4(3-6)9(5,7)8/h4H,1-3H2,(H2,5,7,8). The van der Waals surface area contributed by atoms with Crippen molar-refractivity contribution in [1.82, 2.24) is 4.90 Å². The first-order chi connectivity index (χ1) is 4.00. The Bertz CT molecular complexity index is 193. The zero-order valence-electron chi connectivity index (χ0n) is 4.95. The zero-order chi connectivity index (χ0) is 7.07. The highest BCUT2D eigenvalue weighted by Crippen LogP contribution is 2.11. The molecule has 0 spiro atoms. The molecule has 0 aromatic heterocycles. The van der Waals surface area contributed by atoms with Crippen LogP contribution in [0.1, 0.15) is 0 Å². The molecule has 5 heteroatoms. The summed E-state index contributed by atoms with van der Waals surface area (Å²) in [5.41, 5.74) is 0. The molecule has 1 fully saturated rings. The highest BCUT2D eigenvalue weighted by atomic mass is 32.2. The summed E-state index contributed by atoms with van der Waals surface area (Å²) in [5.74, 6) is 0. The lowest BCUT2D eigenvalue weighted by atomic mass is 10.2. The van der Waals surface area contributed by atoms with Gasteiger partial charge in [0.05, 0.1) is 0 Å². The number of nitrogens with two attached hydrogens (primary N) is 1. The van der Waals surface area contributed by atoms with Crippen LogP contribution in [0.4, 0.5) is 0 Å². The molecule has 1 aliphatic rings. The van der Waals surface area contributed by atoms with Gasteiger partial charge in [0.25, 0.3) is 0 Å². The summed E-state index contributed by atoms with van der Waals surface area (Å²) in [6, 6.07) is 0. The number of likely N-dealkylation sites (tertiary alicyclic amines) is 1. The van der Waals surface area contributed by atoms with Gasteiger partial charge in [-0.15, -0.1) is 0 Å². The molecule has 0 saturated carbocycles. The Kier molecular flexibility index (Phi) is 1.50. The lowest BCUT2D eigenvalue weighted by Gasteiger charge is -2.33. The van der Waals surface area contributed by atoms with Gasteiger partial charge in [-0.2, -0.15) is 0 Å². The van der Waals surface area contributed by atoms with Crippen LogP contribution in [0.5, 0.6) is 0 Å². The van der Waals surface area contributed by atoms with E-state index in [4.69, 9.17) is 5.14 Å². The lowest BCUT2D eigenvalue weighted by molar-refractivity contribution is 0.261. The van der Waals surface area contributed by atoms with E-state index < -0.39 is 10.0 Å². The first-order valence-electron chi connectivity index (χ1n) is 2.57. The SMILES string of the molecule is [CH2]N1CC(S(N)(=O)=O)C1. The summed E-state index contributed by atoms with van der Waals surface area (Å²) in [5, 5.41) is 4.44. The van der Waals surface area contributed by atoms with Gasteiger partial charge in [-0.05, 0) is 0 Å². The van der Waals surface area contributed by atoms with E-state index in [9.17, 15) is 8.42 Å². The van der Waals surface area contributed by atoms with E-state index in [1.54, 1.807) is 4.90 Å². The quantitative estimate of drug-likeness (QED) is 0.506. The average molecular weight is 149 g/mol. The van der Waals surface area contributed by atoms with Gasteiger partial charge in [-0.3, -0.25) is 4.90 Å². The third-order valence-electron chi connectivity index (χ3n) is 1.39. The highest BCUT2D eigenvalue weighted by molar-refractivity contribution is 7.89. The minimum Gasteiger partial charge on any atom is -0.299 e. The number of sulfonamides is 1. The summed E-state index contributed by atoms with van der Waals surface area (Å²) < 4.78 is 21.0. The van der Waals surface area contributed by atoms with E-state index in [0.717, 1.165) is 0 Å². The molecule has 1 aliphatic heterocycles. The Balaban J connectivity index is 2.51. The smallest absolute Gasteiger partial charge is 0.214 e. The van der Waals surface area contributed by atoms with E-state index in [-0.39, 0.29) is 5.25 Å². The van der Waals surface area contributed by atoms with E-state index in [0.29, 0.717) is 13.1 Å². The molecule has 1 rings (SSSR count). The van der Waals surface area contributed by atoms with Crippen molar-refractivity contribution in [3.8, 4) is 0 Å². The minimum absolute atomic E-state index is 0.380. The van der Waals surface area contributed by atoms with E-state index >= 15 is 0 Å². The van der Waals surface area contributed by atoms with Crippen LogP contribution >= 0.6 is 0 Å². The van der Waals surface area contributed by atoms with E-state index in [1.807, 2.05) is 0 Å². The fraction of sp³-hybridized carbons (Fsp3) is 0.750. The van der Waals surface area contributed by atoms with Crippen molar-refractivity contribution in [2.24, 2.45) is 5.14 Å². The van der Waals surface area contributed by atoms with Crippen LogP contribution in [0, 0.1) is 7.05 Å². The van der Waals surface area contributed by atoms with Gasteiger partial charge in [0.15, 0.2) is 0 Å². The van der Waals surface area contributed by atoms with Crippen molar-refractivity contribution in [2.75, 3.05) is 13.1 Å². The summed E-state index contributed by atoms with van der Waals surface area (Å²) in [6.45, 7) is 0.942. The van der Waals surface area contributed by atoms with Gasteiger partial charge in [-0.1, -0.05) is 0 Å². The molecule has 0 aliphatic carbocycles. The molecule has 1 heterocycles. The van der Waals surface area contributed by atoms with Crippen molar-refractivity contribution >= 4 is 10.0 Å². The maximum Gasteiger partial charge on any atom is 0.214 e. The van der Waals surface area contributed by atoms with Crippen LogP contribution in [0.25, 0.3) is 0 Å². The van der Waals surface area contributed by atoms with Crippen LogP contribution in [0.2, 0.25) is 0 Å². The number of primary sulfonamides is 1. The molecule has 0 aromatic carbocycles. The Hall–Kier alpha value is -0.130. The van der Waals surface area contributed by atoms with Gasteiger partial charge < -0.3 is 0 Å². The highest BCUT2D eigenvalue weighted by Gasteiger charge is 2.32. The van der Waals surface area contributed by atoms with E-state index in [2.05, 4.69) is 7.05 Å². The Morgan fingerprint density at radius 2 is 2.00 bits per heavy atom. The van der Waals surface area contributed by atoms with Crippen molar-refractivity contribution in [3.05, 3.63) is 7.05 Å². The fourth-order valence-corrected chi connectivity index (χ4v) is 1.57. The van der Waals surface area contributed by atoms with Crippen molar-refractivity contribution < 1.29 is 8.42 Å². The molecule has 0 unspecified atom stereocenters. The second kappa shape index (κ2) is 1.93. The Morgan fingerprint density at radius 3 is 2.11 bits per heavy atom. The summed E-state index contributed by atoms with van der Waals surface area (Å²) in [4.78, 5) is 1.66. The molecule has 4 nitrogen and oxygen atoms in total. The molecule has 0 amide bonds. The van der Waals surface area contributed by atoms with Crippen LogP contribution in [-0.2, 0) is 10.0 Å². The second-order valence-electron chi connectivity index (χ2n) is 2.25. The van der Waals surface area contributed by atoms with Gasteiger partial charge in [-0.25, -0.2) is 13.6 Å². The maximum atomic E-state index is 10.5. The van der Waals surface area contributed by atoms with Crippen molar-refractivity contribution in [1.29, 1.82) is 0 Å². The van der Waals surface area contributed by atoms with Crippen LogP contribution in [0.3, 0.4) is 0 Å². The first kappa shape index (κ1) is 6.98. The average Bonchev–Trinajstić information content (AvgIpc) is 1.55. The van der Waals surface area contributed by atoms with Crippen molar-refractivity contribution in [2.45, 2.75) is 5.25 Å². The molecule has 0 atom stereocenters. The van der Waals surface area contributed by atoms with Gasteiger partial charge in [0.2, 0.25) is 10.0 Å². The number of hydrogen-bond donors (Lipinski definition) is 1. The largest absolute Gasteiger partial charge is 0.299 e. The van der Waals surface area contributed by atoms with Crippen LogP contribution in [0.15, 0.2) is 0 Å². The molecule has 2 N–H and O–H groups in total. The zero-order valence-corrected chi connectivity index (χ0v) is 5.76. The number of nitrogens with zero attached hydrogens (tertiary/aromatic N) is 1. The lowest BCUT2D eigenvalue weighted by Crippen LogP contribution is -2.53. The van der Waals surface area contributed by atoms with Gasteiger partial charge >= 0.3 is 0 Å². The Labute approximate surface area is 54.7 Å². The van der Waals surface area contributed by atoms with Gasteiger partial charge in [0, 0.05) is 20.1 Å². The van der Waals surface area contributed by atoms with E-state index in [1.165, 1.54) is 0 Å². The summed E-state index contributed by atoms with van der Waals surface area (Å²) >= 11 is 0. The molecule has 1 saturated heterocycles. The Morgan fingerprint density at radius 1 is 1.56 bits per heavy atom. The first-order valence-corrected chi connectivity index (χ1v) is 4.18. The van der Waals surface area contributed by atoms with Crippen LogP contribution in [-0.4, -0.2) is 31.7 Å². The monoisotopic (exact) mass is 149 g/mol. The molecule has 53 valence electrons. The number of hydrogen-bond acceptors (Lipinski definition) is 3. The van der Waals surface area contributed by atoms with Crippen LogP contribution < -0.4 is 5.14 Å². The molecule has 0 aromatic rings. The fourth-order valence-electron chi connectivity index (χ4n) is 0.730. The van der Waals surface area contributed by atoms with Crippen molar-refractivity contribution in [3.63, 3.8) is 0 Å². The molecule has 9 heavy (non-hydrogen) atoms. The summed E-state index contributed by atoms with van der Waals surface area (Å²) in [7, 11) is 0.240. The maximum absolute atomic E-state index is 10.5. The minimum atomic E-state index is -3.28. The molecular formula is C4H9N2O2S. The molecule has 0 bridgehead atoms. The molecule has 1 radical (unpaired) electrons. The normalized spacial score (nSPS) is 23.8. The van der Waals surface area contributed by atoms with Gasteiger partial charge in [0.1, 0.15) is 5.25 Å². The third kappa shape index (κ3) is 1.41. The topological polar surface area (TPSA) is 63.4 Å². The third-order valence-corrected chi connectivity index (χ3v) is 2.62. The predicted molar refractivity (Wildman–Crippen MR) is 33.8 cm³/mol. The number of rotatable bonds is 1. The second-order valence-corrected chi connectivity index (χ2v) is 4.09. The molecular weight excluding hydrogens is 140 g/mol. The predicted octanol–water partition coefficient (Wildman–Crippen LogP) is -1.25. The summed E-state index contributed by atoms with van der Waals surface area (Å²) in [6.07, 6.45) is 0.